The van der Waals surface area contributed by atoms with Gasteiger partial charge in [0.25, 0.3) is 0 Å². The van der Waals surface area contributed by atoms with Crippen LogP contribution in [0.2, 0.25) is 0 Å². The number of ether oxygens (including phenoxy) is 1. The maximum absolute atomic E-state index is 14.7. The fourth-order valence-corrected chi connectivity index (χ4v) is 4.51. The molecule has 1 fully saturated rings. The third-order valence-corrected chi connectivity index (χ3v) is 5.79. The highest BCUT2D eigenvalue weighted by molar-refractivity contribution is 7.15. The van der Waals surface area contributed by atoms with Crippen LogP contribution in [0.4, 0.5) is 14.6 Å². The van der Waals surface area contributed by atoms with Gasteiger partial charge in [-0.3, -0.25) is 4.40 Å². The molecule has 0 bridgehead atoms. The van der Waals surface area contributed by atoms with Crippen LogP contribution in [0.25, 0.3) is 16.2 Å². The lowest BCUT2D eigenvalue weighted by Gasteiger charge is -2.16. The van der Waals surface area contributed by atoms with Gasteiger partial charge in [0.1, 0.15) is 35.2 Å². The fourth-order valence-electron chi connectivity index (χ4n) is 3.61. The molecule has 0 radical (unpaired) electrons. The first kappa shape index (κ1) is 17.9. The summed E-state index contributed by atoms with van der Waals surface area (Å²) in [6.45, 7) is 0. The predicted octanol–water partition coefficient (Wildman–Crippen LogP) is 4.45. The quantitative estimate of drug-likeness (QED) is 0.631. The van der Waals surface area contributed by atoms with Gasteiger partial charge in [-0.2, -0.15) is 0 Å². The first-order chi connectivity index (χ1) is 13.1. The summed E-state index contributed by atoms with van der Waals surface area (Å²) >= 11 is 1.34. The molecule has 0 saturated heterocycles. The molecule has 1 saturated carbocycles. The molecule has 0 amide bonds. The van der Waals surface area contributed by atoms with E-state index >= 15 is 0 Å². The fraction of sp³-hybridized carbons (Fsp3) is 0.368. The second-order valence-corrected chi connectivity index (χ2v) is 7.45. The summed E-state index contributed by atoms with van der Waals surface area (Å²) in [4.78, 5) is 16.1. The van der Waals surface area contributed by atoms with Crippen LogP contribution < -0.4 is 10.1 Å². The van der Waals surface area contributed by atoms with Crippen molar-refractivity contribution in [3.8, 4) is 17.0 Å². The Hall–Kier alpha value is -2.48. The summed E-state index contributed by atoms with van der Waals surface area (Å²) in [5.41, 5.74) is 0.779. The summed E-state index contributed by atoms with van der Waals surface area (Å²) in [5.74, 6) is -0.812. The van der Waals surface area contributed by atoms with Crippen LogP contribution in [0.1, 0.15) is 31.4 Å². The topological polar surface area (TPSA) is 55.6 Å². The number of hydrogen-bond acceptors (Lipinski definition) is 5. The minimum absolute atomic E-state index is 0.113. The van der Waals surface area contributed by atoms with Crippen LogP contribution in [-0.2, 0) is 11.2 Å². The van der Waals surface area contributed by atoms with Gasteiger partial charge in [0.05, 0.1) is 12.7 Å². The number of imidazole rings is 1. The Kier molecular flexibility index (Phi) is 4.82. The summed E-state index contributed by atoms with van der Waals surface area (Å²) in [6, 6.07) is 2.52. The maximum Gasteiger partial charge on any atom is 0.196 e. The van der Waals surface area contributed by atoms with Crippen molar-refractivity contribution in [2.24, 2.45) is 0 Å². The average molecular weight is 391 g/mol. The van der Waals surface area contributed by atoms with Crippen LogP contribution in [0, 0.1) is 11.6 Å². The molecule has 1 aliphatic carbocycles. The van der Waals surface area contributed by atoms with E-state index < -0.39 is 11.6 Å². The van der Waals surface area contributed by atoms with Crippen molar-refractivity contribution in [1.82, 2.24) is 9.38 Å². The number of carbonyl (C=O) groups is 1. The number of benzene rings is 1. The second kappa shape index (κ2) is 7.26. The molecule has 0 spiro atoms. The molecule has 2 aromatic heterocycles. The molecule has 142 valence electrons. The number of aldehydes is 1. The monoisotopic (exact) mass is 391 g/mol. The van der Waals surface area contributed by atoms with Gasteiger partial charge in [-0.1, -0.05) is 12.8 Å². The Morgan fingerprint density at radius 3 is 2.67 bits per heavy atom. The largest absolute Gasteiger partial charge is 0.497 e. The number of halogens is 2. The van der Waals surface area contributed by atoms with Crippen LogP contribution >= 0.6 is 11.3 Å². The van der Waals surface area contributed by atoms with Crippen molar-refractivity contribution in [2.45, 2.75) is 38.1 Å². The van der Waals surface area contributed by atoms with Crippen molar-refractivity contribution in [1.29, 1.82) is 0 Å². The summed E-state index contributed by atoms with van der Waals surface area (Å²) in [5, 5.41) is 5.27. The molecule has 1 aromatic carbocycles. The van der Waals surface area contributed by atoms with E-state index in [4.69, 9.17) is 4.74 Å². The number of methoxy groups -OCH3 is 1. The highest BCUT2D eigenvalue weighted by Crippen LogP contribution is 2.38. The van der Waals surface area contributed by atoms with Gasteiger partial charge in [-0.25, -0.2) is 13.8 Å². The molecule has 27 heavy (non-hydrogen) atoms. The number of fused-ring (bicyclic) bond motifs is 1. The number of thiazole rings is 1. The highest BCUT2D eigenvalue weighted by Gasteiger charge is 2.26. The van der Waals surface area contributed by atoms with E-state index in [2.05, 4.69) is 10.3 Å². The molecule has 1 N–H and O–H groups in total. The minimum atomic E-state index is -0.732. The highest BCUT2D eigenvalue weighted by atomic mass is 32.1. The minimum Gasteiger partial charge on any atom is -0.497 e. The smallest absolute Gasteiger partial charge is 0.196 e. The van der Waals surface area contributed by atoms with E-state index in [-0.39, 0.29) is 29.5 Å². The van der Waals surface area contributed by atoms with Gasteiger partial charge in [-0.05, 0) is 12.8 Å². The Morgan fingerprint density at radius 2 is 2.04 bits per heavy atom. The Bertz CT molecular complexity index is 969. The zero-order chi connectivity index (χ0) is 19.0. The van der Waals surface area contributed by atoms with E-state index in [1.807, 2.05) is 5.38 Å². The van der Waals surface area contributed by atoms with Crippen molar-refractivity contribution in [2.75, 3.05) is 12.4 Å². The zero-order valence-corrected chi connectivity index (χ0v) is 15.6. The van der Waals surface area contributed by atoms with Crippen LogP contribution in [0.5, 0.6) is 5.75 Å². The molecule has 8 heteroatoms. The van der Waals surface area contributed by atoms with Crippen LogP contribution in [0.3, 0.4) is 0 Å². The normalized spacial score (nSPS) is 14.8. The summed E-state index contributed by atoms with van der Waals surface area (Å²) in [6.07, 6.45) is 5.24. The lowest BCUT2D eigenvalue weighted by Crippen LogP contribution is -2.17. The number of aromatic nitrogens is 2. The molecule has 1 aliphatic rings. The first-order valence-electron chi connectivity index (χ1n) is 8.84. The predicted molar refractivity (Wildman–Crippen MR) is 101 cm³/mol. The van der Waals surface area contributed by atoms with Gasteiger partial charge < -0.3 is 14.8 Å². The lowest BCUT2D eigenvalue weighted by atomic mass is 10.1. The molecule has 0 atom stereocenters. The van der Waals surface area contributed by atoms with Crippen molar-refractivity contribution in [3.63, 3.8) is 0 Å². The number of nitrogens with zero attached hydrogens (tertiary/aromatic N) is 2. The van der Waals surface area contributed by atoms with E-state index in [1.54, 1.807) is 4.40 Å². The van der Waals surface area contributed by atoms with Gasteiger partial charge in [0, 0.05) is 35.7 Å². The first-order valence-corrected chi connectivity index (χ1v) is 9.72. The molecule has 0 aliphatic heterocycles. The molecule has 3 aromatic rings. The van der Waals surface area contributed by atoms with Crippen molar-refractivity contribution in [3.05, 3.63) is 34.8 Å². The Morgan fingerprint density at radius 1 is 1.33 bits per heavy atom. The molecule has 0 unspecified atom stereocenters. The number of carbonyl (C=O) groups excluding carboxylic acids is 1. The zero-order valence-electron chi connectivity index (χ0n) is 14.8. The number of hydrogen-bond donors (Lipinski definition) is 1. The van der Waals surface area contributed by atoms with E-state index in [0.717, 1.165) is 49.8 Å². The molecular weight excluding hydrogens is 372 g/mol. The van der Waals surface area contributed by atoms with Crippen molar-refractivity contribution < 1.29 is 18.3 Å². The van der Waals surface area contributed by atoms with Gasteiger partial charge >= 0.3 is 0 Å². The van der Waals surface area contributed by atoms with Gasteiger partial charge in [-0.15, -0.1) is 11.3 Å². The van der Waals surface area contributed by atoms with E-state index in [1.165, 1.54) is 18.4 Å². The van der Waals surface area contributed by atoms with Crippen LogP contribution in [0.15, 0.2) is 17.5 Å². The molecule has 5 nitrogen and oxygen atoms in total. The molecule has 2 heterocycles. The van der Waals surface area contributed by atoms with Gasteiger partial charge in [0.2, 0.25) is 0 Å². The SMILES string of the molecule is COc1cc(F)c(-c2nc3scc(CC=O)n3c2NC2CCCC2)c(F)c1. The average Bonchev–Trinajstić information content (AvgIpc) is 3.35. The van der Waals surface area contributed by atoms with E-state index in [9.17, 15) is 13.6 Å². The summed E-state index contributed by atoms with van der Waals surface area (Å²) in [7, 11) is 1.36. The Balaban J connectivity index is 1.90. The summed E-state index contributed by atoms with van der Waals surface area (Å²) < 4.78 is 36.2. The molecule has 4 rings (SSSR count). The number of anilines is 1. The van der Waals surface area contributed by atoms with Gasteiger partial charge in [0.15, 0.2) is 4.96 Å². The molecular formula is C19H19F2N3O2S. The number of rotatable bonds is 6. The standard InChI is InChI=1S/C19H19F2N3O2S/c1-26-13-8-14(20)16(15(21)9-13)17-18(22-11-4-2-3-5-11)24-12(6-7-25)10-27-19(24)23-17/h7-11,22H,2-6H2,1H3. The van der Waals surface area contributed by atoms with Crippen molar-refractivity contribution >= 4 is 28.4 Å². The third kappa shape index (κ3) is 3.18. The van der Waals surface area contributed by atoms with Crippen LogP contribution in [-0.4, -0.2) is 28.8 Å². The third-order valence-electron chi connectivity index (χ3n) is 4.91. The lowest BCUT2D eigenvalue weighted by molar-refractivity contribution is -0.107. The maximum atomic E-state index is 14.7. The number of nitrogens with one attached hydrogen (secondary N) is 1. The Labute approximate surface area is 159 Å². The second-order valence-electron chi connectivity index (χ2n) is 6.62. The van der Waals surface area contributed by atoms with E-state index in [0.29, 0.717) is 10.8 Å².